The maximum absolute atomic E-state index is 13.2. The van der Waals surface area contributed by atoms with Gasteiger partial charge < -0.3 is 26.8 Å². The molecule has 2 aromatic heterocycles. The number of nitrogens with zero attached hydrogens (tertiary/aromatic N) is 1. The van der Waals surface area contributed by atoms with Crippen molar-refractivity contribution in [1.82, 2.24) is 15.3 Å². The molecule has 0 bridgehead atoms. The first kappa shape index (κ1) is 23.9. The van der Waals surface area contributed by atoms with E-state index in [1.807, 2.05) is 58.0 Å². The minimum Gasteiger partial charge on any atom is -0.367 e. The second-order valence-electron chi connectivity index (χ2n) is 8.29. The van der Waals surface area contributed by atoms with Gasteiger partial charge in [-0.3, -0.25) is 9.59 Å². The van der Waals surface area contributed by atoms with Gasteiger partial charge in [0.05, 0.1) is 11.3 Å². The highest BCUT2D eigenvalue weighted by atomic mass is 16.1. The Morgan fingerprint density at radius 3 is 2.48 bits per heavy atom. The van der Waals surface area contributed by atoms with Gasteiger partial charge in [0, 0.05) is 47.7 Å². The fraction of sp³-hybridized carbons (Fsp3) is 0.280. The SMILES string of the molecule is Cc1cc(C)c(CNC(=O)c2cc(-c3ccc(CN)cc3)nc(NC(C)C)c2C=N)c(=O)[nH]1. The molecule has 8 nitrogen and oxygen atoms in total. The molecule has 1 amide bonds. The molecule has 3 rings (SSSR count). The minimum atomic E-state index is -0.387. The number of aryl methyl sites for hydroxylation is 2. The van der Waals surface area contributed by atoms with E-state index in [9.17, 15) is 9.59 Å². The molecule has 0 saturated heterocycles. The highest BCUT2D eigenvalue weighted by Gasteiger charge is 2.19. The number of carbonyl (C=O) groups is 1. The Kier molecular flexibility index (Phi) is 7.40. The third-order valence-electron chi connectivity index (χ3n) is 5.28. The fourth-order valence-corrected chi connectivity index (χ4v) is 3.60. The molecule has 33 heavy (non-hydrogen) atoms. The molecule has 0 radical (unpaired) electrons. The van der Waals surface area contributed by atoms with E-state index in [4.69, 9.17) is 11.1 Å². The summed E-state index contributed by atoms with van der Waals surface area (Å²) in [6.07, 6.45) is 1.12. The van der Waals surface area contributed by atoms with Gasteiger partial charge in [-0.1, -0.05) is 24.3 Å². The first-order valence-electron chi connectivity index (χ1n) is 10.8. The zero-order valence-corrected chi connectivity index (χ0v) is 19.4. The van der Waals surface area contributed by atoms with E-state index < -0.39 is 0 Å². The molecule has 0 fully saturated rings. The number of nitrogens with one attached hydrogen (secondary N) is 4. The molecule has 172 valence electrons. The maximum Gasteiger partial charge on any atom is 0.253 e. The summed E-state index contributed by atoms with van der Waals surface area (Å²) in [5, 5.41) is 14.0. The van der Waals surface area contributed by atoms with Gasteiger partial charge in [0.2, 0.25) is 0 Å². The number of aromatic amines is 1. The van der Waals surface area contributed by atoms with Gasteiger partial charge >= 0.3 is 0 Å². The van der Waals surface area contributed by atoms with Crippen LogP contribution in [-0.4, -0.2) is 28.1 Å². The van der Waals surface area contributed by atoms with E-state index in [1.165, 1.54) is 0 Å². The van der Waals surface area contributed by atoms with Crippen LogP contribution in [0.25, 0.3) is 11.3 Å². The van der Waals surface area contributed by atoms with E-state index in [0.29, 0.717) is 34.7 Å². The lowest BCUT2D eigenvalue weighted by molar-refractivity contribution is 0.0950. The van der Waals surface area contributed by atoms with E-state index in [-0.39, 0.29) is 24.1 Å². The summed E-state index contributed by atoms with van der Waals surface area (Å²) in [7, 11) is 0. The third kappa shape index (κ3) is 5.53. The van der Waals surface area contributed by atoms with Crippen molar-refractivity contribution in [2.75, 3.05) is 5.32 Å². The van der Waals surface area contributed by atoms with Crippen molar-refractivity contribution in [2.24, 2.45) is 5.73 Å². The second kappa shape index (κ2) is 10.2. The van der Waals surface area contributed by atoms with Crippen LogP contribution < -0.4 is 21.9 Å². The Balaban J connectivity index is 2.01. The molecular formula is C25H30N6O2. The van der Waals surface area contributed by atoms with E-state index in [2.05, 4.69) is 20.6 Å². The van der Waals surface area contributed by atoms with Crippen LogP contribution in [0.4, 0.5) is 5.82 Å². The molecule has 0 atom stereocenters. The van der Waals surface area contributed by atoms with E-state index in [1.54, 1.807) is 6.07 Å². The summed E-state index contributed by atoms with van der Waals surface area (Å²) in [5.41, 5.74) is 10.7. The van der Waals surface area contributed by atoms with Crippen LogP contribution in [0.1, 0.15) is 52.2 Å². The molecule has 2 heterocycles. The van der Waals surface area contributed by atoms with Crippen LogP contribution >= 0.6 is 0 Å². The van der Waals surface area contributed by atoms with Crippen molar-refractivity contribution in [1.29, 1.82) is 5.41 Å². The molecule has 1 aromatic carbocycles. The number of nitrogens with two attached hydrogens (primary N) is 1. The summed E-state index contributed by atoms with van der Waals surface area (Å²) >= 11 is 0. The Morgan fingerprint density at radius 1 is 1.21 bits per heavy atom. The van der Waals surface area contributed by atoms with Crippen LogP contribution in [0.15, 0.2) is 41.2 Å². The van der Waals surface area contributed by atoms with Crippen molar-refractivity contribution in [2.45, 2.75) is 46.8 Å². The van der Waals surface area contributed by atoms with Crippen molar-refractivity contribution in [3.63, 3.8) is 0 Å². The van der Waals surface area contributed by atoms with Gasteiger partial charge in [0.25, 0.3) is 11.5 Å². The Hall–Kier alpha value is -3.78. The van der Waals surface area contributed by atoms with Gasteiger partial charge in [-0.05, 0) is 51.0 Å². The number of pyridine rings is 2. The van der Waals surface area contributed by atoms with Crippen LogP contribution in [-0.2, 0) is 13.1 Å². The number of hydrogen-bond acceptors (Lipinski definition) is 6. The van der Waals surface area contributed by atoms with Crippen molar-refractivity contribution in [3.05, 3.63) is 80.3 Å². The second-order valence-corrected chi connectivity index (χ2v) is 8.29. The minimum absolute atomic E-state index is 0.0516. The summed E-state index contributed by atoms with van der Waals surface area (Å²) in [5.74, 6) is 0.0665. The summed E-state index contributed by atoms with van der Waals surface area (Å²) in [4.78, 5) is 33.0. The quantitative estimate of drug-likeness (QED) is 0.338. The molecule has 0 aliphatic heterocycles. The van der Waals surface area contributed by atoms with Gasteiger partial charge in [0.1, 0.15) is 5.82 Å². The monoisotopic (exact) mass is 446 g/mol. The van der Waals surface area contributed by atoms with Gasteiger partial charge in [-0.25, -0.2) is 4.98 Å². The highest BCUT2D eigenvalue weighted by Crippen LogP contribution is 2.26. The average Bonchev–Trinajstić information content (AvgIpc) is 2.77. The van der Waals surface area contributed by atoms with Crippen LogP contribution in [0.3, 0.4) is 0 Å². The number of aromatic nitrogens is 2. The molecule has 0 saturated carbocycles. The lowest BCUT2D eigenvalue weighted by atomic mass is 10.0. The van der Waals surface area contributed by atoms with Crippen LogP contribution in [0.5, 0.6) is 0 Å². The number of carbonyl (C=O) groups excluding carboxylic acids is 1. The molecular weight excluding hydrogens is 416 g/mol. The fourth-order valence-electron chi connectivity index (χ4n) is 3.60. The number of anilines is 1. The summed E-state index contributed by atoms with van der Waals surface area (Å²) < 4.78 is 0. The lowest BCUT2D eigenvalue weighted by Crippen LogP contribution is -2.29. The third-order valence-corrected chi connectivity index (χ3v) is 5.28. The number of amides is 1. The molecule has 0 unspecified atom stereocenters. The summed E-state index contributed by atoms with van der Waals surface area (Å²) in [6.45, 7) is 8.09. The summed E-state index contributed by atoms with van der Waals surface area (Å²) in [6, 6.07) is 11.2. The highest BCUT2D eigenvalue weighted by molar-refractivity contribution is 6.05. The Bertz CT molecular complexity index is 1230. The Morgan fingerprint density at radius 2 is 1.91 bits per heavy atom. The normalized spacial score (nSPS) is 10.8. The number of H-pyrrole nitrogens is 1. The van der Waals surface area contributed by atoms with E-state index >= 15 is 0 Å². The van der Waals surface area contributed by atoms with Crippen molar-refractivity contribution >= 4 is 17.9 Å². The number of hydrogen-bond donors (Lipinski definition) is 5. The largest absolute Gasteiger partial charge is 0.367 e. The predicted molar refractivity (Wildman–Crippen MR) is 132 cm³/mol. The molecule has 0 spiro atoms. The first-order chi connectivity index (χ1) is 15.7. The smallest absolute Gasteiger partial charge is 0.253 e. The van der Waals surface area contributed by atoms with Gasteiger partial charge in [-0.15, -0.1) is 0 Å². The maximum atomic E-state index is 13.2. The van der Waals surface area contributed by atoms with Crippen LogP contribution in [0, 0.1) is 19.3 Å². The number of rotatable bonds is 8. The lowest BCUT2D eigenvalue weighted by Gasteiger charge is -2.17. The van der Waals surface area contributed by atoms with E-state index in [0.717, 1.165) is 28.6 Å². The zero-order chi connectivity index (χ0) is 24.1. The Labute approximate surface area is 193 Å². The van der Waals surface area contributed by atoms with Gasteiger partial charge in [0.15, 0.2) is 0 Å². The van der Waals surface area contributed by atoms with Crippen molar-refractivity contribution in [3.8, 4) is 11.3 Å². The van der Waals surface area contributed by atoms with Crippen molar-refractivity contribution < 1.29 is 4.79 Å². The molecule has 0 aliphatic carbocycles. The molecule has 8 heteroatoms. The van der Waals surface area contributed by atoms with Gasteiger partial charge in [-0.2, -0.15) is 0 Å². The molecule has 6 N–H and O–H groups in total. The topological polar surface area (TPSA) is 137 Å². The average molecular weight is 447 g/mol. The predicted octanol–water partition coefficient (Wildman–Crippen LogP) is 3.26. The molecule has 3 aromatic rings. The number of benzene rings is 1. The molecule has 0 aliphatic rings. The zero-order valence-electron chi connectivity index (χ0n) is 19.4. The standard InChI is InChI=1S/C25H30N6O2/c1-14(2)29-23-20(12-27)19(10-22(31-23)18-7-5-17(11-26)6-8-18)24(32)28-13-21-15(3)9-16(4)30-25(21)33/h5-10,12,14,27H,11,13,26H2,1-4H3,(H,28,32)(H,29,31)(H,30,33). The van der Waals surface area contributed by atoms with Crippen LogP contribution in [0.2, 0.25) is 0 Å². The first-order valence-corrected chi connectivity index (χ1v) is 10.8.